The zero-order valence-electron chi connectivity index (χ0n) is 12.4. The van der Waals surface area contributed by atoms with Crippen LogP contribution >= 0.6 is 11.6 Å². The third-order valence-corrected chi connectivity index (χ3v) is 3.61. The second-order valence-corrected chi connectivity index (χ2v) is 5.46. The van der Waals surface area contributed by atoms with Gasteiger partial charge in [0.15, 0.2) is 11.5 Å². The number of carbonyl (C=O) groups excluding carboxylic acids is 1. The number of carbonyl (C=O) groups is 1. The van der Waals surface area contributed by atoms with Gasteiger partial charge in [-0.25, -0.2) is 4.39 Å². The summed E-state index contributed by atoms with van der Waals surface area (Å²) in [4.78, 5) is 12.2. The maximum Gasteiger partial charge on any atom is 0.275 e. The van der Waals surface area contributed by atoms with E-state index in [-0.39, 0.29) is 17.3 Å². The number of rotatable bonds is 4. The van der Waals surface area contributed by atoms with Gasteiger partial charge in [0.2, 0.25) is 0 Å². The van der Waals surface area contributed by atoms with Crippen LogP contribution in [0.1, 0.15) is 16.1 Å². The van der Waals surface area contributed by atoms with Crippen LogP contribution in [0.2, 0.25) is 5.02 Å². The highest BCUT2D eigenvalue weighted by Gasteiger charge is 2.18. The molecule has 0 aliphatic heterocycles. The summed E-state index contributed by atoms with van der Waals surface area (Å²) in [6, 6.07) is 12.6. The number of nitrogens with one attached hydrogen (secondary N) is 1. The van der Waals surface area contributed by atoms with Crippen LogP contribution in [-0.4, -0.2) is 20.9 Å². The van der Waals surface area contributed by atoms with Crippen molar-refractivity contribution < 1.29 is 9.18 Å². The minimum absolute atomic E-state index is 0.00767. The van der Waals surface area contributed by atoms with E-state index in [2.05, 4.69) is 15.6 Å². The van der Waals surface area contributed by atoms with Crippen LogP contribution in [0.4, 0.5) is 10.2 Å². The number of halogens is 2. The lowest BCUT2D eigenvalue weighted by atomic mass is 10.2. The largest absolute Gasteiger partial charge is 0.382 e. The molecule has 3 rings (SSSR count). The summed E-state index contributed by atoms with van der Waals surface area (Å²) >= 11 is 5.81. The number of benzene rings is 2. The van der Waals surface area contributed by atoms with Crippen LogP contribution in [0.25, 0.3) is 5.69 Å². The molecular weight excluding hydrogens is 333 g/mol. The van der Waals surface area contributed by atoms with Crippen molar-refractivity contribution in [2.45, 2.75) is 6.54 Å². The van der Waals surface area contributed by atoms with Gasteiger partial charge in [-0.1, -0.05) is 28.9 Å². The lowest BCUT2D eigenvalue weighted by molar-refractivity contribution is 0.0947. The van der Waals surface area contributed by atoms with E-state index >= 15 is 0 Å². The lowest BCUT2D eigenvalue weighted by Crippen LogP contribution is -2.24. The van der Waals surface area contributed by atoms with Crippen LogP contribution in [0.15, 0.2) is 48.5 Å². The van der Waals surface area contributed by atoms with E-state index in [1.54, 1.807) is 24.3 Å². The first kappa shape index (κ1) is 15.9. The normalized spacial score (nSPS) is 10.6. The number of amides is 1. The summed E-state index contributed by atoms with van der Waals surface area (Å²) in [7, 11) is 0. The quantitative estimate of drug-likeness (QED) is 0.761. The average Bonchev–Trinajstić information content (AvgIpc) is 2.96. The van der Waals surface area contributed by atoms with Crippen molar-refractivity contribution in [3.63, 3.8) is 0 Å². The Morgan fingerprint density at radius 1 is 1.17 bits per heavy atom. The molecule has 0 saturated heterocycles. The number of hydrogen-bond acceptors (Lipinski definition) is 4. The fraction of sp³-hybridized carbons (Fsp3) is 0.0625. The maximum atomic E-state index is 13.0. The minimum atomic E-state index is -0.448. The first-order valence-corrected chi connectivity index (χ1v) is 7.42. The molecule has 0 unspecified atom stereocenters. The van der Waals surface area contributed by atoms with Gasteiger partial charge in [0.05, 0.1) is 5.69 Å². The highest BCUT2D eigenvalue weighted by Crippen LogP contribution is 2.16. The molecule has 122 valence electrons. The second kappa shape index (κ2) is 6.67. The summed E-state index contributed by atoms with van der Waals surface area (Å²) in [5.74, 6) is -0.746. The molecule has 0 spiro atoms. The van der Waals surface area contributed by atoms with E-state index in [4.69, 9.17) is 17.3 Å². The molecule has 1 amide bonds. The molecular formula is C16H13ClFN5O. The van der Waals surface area contributed by atoms with Crippen LogP contribution < -0.4 is 11.1 Å². The first-order valence-electron chi connectivity index (χ1n) is 7.04. The Kier molecular flexibility index (Phi) is 4.43. The fourth-order valence-electron chi connectivity index (χ4n) is 2.09. The number of hydrogen-bond donors (Lipinski definition) is 2. The molecule has 0 atom stereocenters. The molecule has 3 N–H and O–H groups in total. The molecule has 1 heterocycles. The predicted molar refractivity (Wildman–Crippen MR) is 88.4 cm³/mol. The van der Waals surface area contributed by atoms with E-state index in [1.807, 2.05) is 0 Å². The number of aromatic nitrogens is 3. The van der Waals surface area contributed by atoms with Gasteiger partial charge in [-0.05, 0) is 42.0 Å². The van der Waals surface area contributed by atoms with E-state index in [0.29, 0.717) is 17.3 Å². The second-order valence-electron chi connectivity index (χ2n) is 5.02. The van der Waals surface area contributed by atoms with Crippen LogP contribution in [0.3, 0.4) is 0 Å². The Morgan fingerprint density at radius 2 is 1.83 bits per heavy atom. The monoisotopic (exact) mass is 345 g/mol. The van der Waals surface area contributed by atoms with Crippen molar-refractivity contribution in [2.75, 3.05) is 5.73 Å². The molecule has 0 aliphatic carbocycles. The fourth-order valence-corrected chi connectivity index (χ4v) is 2.22. The third kappa shape index (κ3) is 3.36. The van der Waals surface area contributed by atoms with Gasteiger partial charge in [0, 0.05) is 11.6 Å². The summed E-state index contributed by atoms with van der Waals surface area (Å²) in [6.07, 6.45) is 0. The zero-order valence-corrected chi connectivity index (χ0v) is 13.2. The highest BCUT2D eigenvalue weighted by molar-refractivity contribution is 6.30. The summed E-state index contributed by atoms with van der Waals surface area (Å²) in [6.45, 7) is 0.304. The number of nitrogen functional groups attached to an aromatic ring is 1. The summed E-state index contributed by atoms with van der Waals surface area (Å²) < 4.78 is 14.2. The smallest absolute Gasteiger partial charge is 0.275 e. The molecule has 6 nitrogen and oxygen atoms in total. The summed E-state index contributed by atoms with van der Waals surface area (Å²) in [5, 5.41) is 11.0. The average molecular weight is 346 g/mol. The van der Waals surface area contributed by atoms with Crippen molar-refractivity contribution in [1.82, 2.24) is 20.3 Å². The van der Waals surface area contributed by atoms with Gasteiger partial charge >= 0.3 is 0 Å². The third-order valence-electron chi connectivity index (χ3n) is 3.36. The Morgan fingerprint density at radius 3 is 2.50 bits per heavy atom. The zero-order chi connectivity index (χ0) is 17.1. The standard InChI is InChI=1S/C16H13ClFN5O/c17-11-3-1-10(2-4-11)9-20-16(24)14-15(19)23(22-21-14)13-7-5-12(18)6-8-13/h1-8H,9,19H2,(H,20,24). The number of nitrogens with two attached hydrogens (primary N) is 1. The molecule has 0 radical (unpaired) electrons. The number of anilines is 1. The Bertz CT molecular complexity index is 861. The van der Waals surface area contributed by atoms with Crippen LogP contribution in [0.5, 0.6) is 0 Å². The van der Waals surface area contributed by atoms with Gasteiger partial charge in [-0.3, -0.25) is 4.79 Å². The van der Waals surface area contributed by atoms with Crippen molar-refractivity contribution in [3.05, 3.63) is 70.6 Å². The summed E-state index contributed by atoms with van der Waals surface area (Å²) in [5.41, 5.74) is 7.34. The topological polar surface area (TPSA) is 85.8 Å². The van der Waals surface area contributed by atoms with Gasteiger partial charge in [-0.15, -0.1) is 5.10 Å². The minimum Gasteiger partial charge on any atom is -0.382 e. The van der Waals surface area contributed by atoms with Gasteiger partial charge in [0.25, 0.3) is 5.91 Å². The van der Waals surface area contributed by atoms with E-state index < -0.39 is 5.91 Å². The first-order chi connectivity index (χ1) is 11.5. The molecule has 1 aromatic heterocycles. The van der Waals surface area contributed by atoms with Gasteiger partial charge in [0.1, 0.15) is 5.82 Å². The predicted octanol–water partition coefficient (Wildman–Crippen LogP) is 2.57. The van der Waals surface area contributed by atoms with Gasteiger partial charge in [-0.2, -0.15) is 4.68 Å². The van der Waals surface area contributed by atoms with E-state index in [0.717, 1.165) is 5.56 Å². The Labute approximate surface area is 142 Å². The SMILES string of the molecule is Nc1c(C(=O)NCc2ccc(Cl)cc2)nnn1-c1ccc(F)cc1. The van der Waals surface area contributed by atoms with Crippen molar-refractivity contribution in [3.8, 4) is 5.69 Å². The molecule has 0 bridgehead atoms. The molecule has 0 fully saturated rings. The maximum absolute atomic E-state index is 13.0. The molecule has 2 aromatic carbocycles. The van der Waals surface area contributed by atoms with Gasteiger partial charge < -0.3 is 11.1 Å². The van der Waals surface area contributed by atoms with Crippen molar-refractivity contribution in [2.24, 2.45) is 0 Å². The molecule has 3 aromatic rings. The van der Waals surface area contributed by atoms with Crippen LogP contribution in [0, 0.1) is 5.82 Å². The molecule has 0 aliphatic rings. The highest BCUT2D eigenvalue weighted by atomic mass is 35.5. The number of nitrogens with zero attached hydrogens (tertiary/aromatic N) is 3. The van der Waals surface area contributed by atoms with E-state index in [1.165, 1.54) is 28.9 Å². The molecule has 0 saturated carbocycles. The molecule has 24 heavy (non-hydrogen) atoms. The van der Waals surface area contributed by atoms with Crippen molar-refractivity contribution in [1.29, 1.82) is 0 Å². The van der Waals surface area contributed by atoms with Crippen LogP contribution in [-0.2, 0) is 6.54 Å². The molecule has 8 heteroatoms. The Balaban J connectivity index is 1.74. The van der Waals surface area contributed by atoms with Crippen molar-refractivity contribution >= 4 is 23.3 Å². The van der Waals surface area contributed by atoms with E-state index in [9.17, 15) is 9.18 Å². The Hall–Kier alpha value is -2.93. The lowest BCUT2D eigenvalue weighted by Gasteiger charge is -2.05.